The predicted octanol–water partition coefficient (Wildman–Crippen LogP) is 3.76. The molecule has 0 unspecified atom stereocenters. The third-order valence-corrected chi connectivity index (χ3v) is 3.11. The lowest BCUT2D eigenvalue weighted by Crippen LogP contribution is -2.24. The van der Waals surface area contributed by atoms with Crippen LogP contribution < -0.4 is 10.1 Å². The molecule has 136 valence electrons. The summed E-state index contributed by atoms with van der Waals surface area (Å²) >= 11 is 0. The zero-order chi connectivity index (χ0) is 18.8. The number of benzene rings is 1. The van der Waals surface area contributed by atoms with Crippen molar-refractivity contribution in [1.82, 2.24) is 9.78 Å². The molecule has 1 heterocycles. The number of ether oxygens (including phenoxy) is 1. The highest BCUT2D eigenvalue weighted by Crippen LogP contribution is 2.30. The Hall–Kier alpha value is -2.65. The minimum absolute atomic E-state index is 0.0669. The number of carbonyl (C=O) groups is 1. The molecule has 1 amide bonds. The third kappa shape index (κ3) is 4.91. The molecule has 0 atom stereocenters. The number of alkyl halides is 5. The van der Waals surface area contributed by atoms with E-state index in [1.807, 2.05) is 0 Å². The average molecular weight is 363 g/mol. The molecule has 2 rings (SSSR count). The van der Waals surface area contributed by atoms with E-state index in [1.165, 1.54) is 25.1 Å². The first-order valence-electron chi connectivity index (χ1n) is 7.03. The summed E-state index contributed by atoms with van der Waals surface area (Å²) in [4.78, 5) is 12.0. The number of hydrogen-bond donors (Lipinski definition) is 1. The number of aryl methyl sites for hydroxylation is 2. The van der Waals surface area contributed by atoms with Gasteiger partial charge in [0, 0.05) is 0 Å². The summed E-state index contributed by atoms with van der Waals surface area (Å²) in [6.45, 7) is -0.826. The Morgan fingerprint density at radius 2 is 1.96 bits per heavy atom. The maximum Gasteiger partial charge on any atom is 0.433 e. The van der Waals surface area contributed by atoms with Gasteiger partial charge in [-0.25, -0.2) is 0 Å². The number of carbonyl (C=O) groups excluding carboxylic acids is 1. The Kier molecular flexibility index (Phi) is 5.29. The molecule has 1 aromatic carbocycles. The molecule has 5 nitrogen and oxygen atoms in total. The number of nitrogens with zero attached hydrogens (tertiary/aromatic N) is 2. The van der Waals surface area contributed by atoms with Crippen molar-refractivity contribution in [2.75, 3.05) is 5.32 Å². The Labute approximate surface area is 139 Å². The topological polar surface area (TPSA) is 56.1 Å². The first-order chi connectivity index (χ1) is 11.6. The Bertz CT molecular complexity index is 771. The number of hydrogen-bond acceptors (Lipinski definition) is 3. The van der Waals surface area contributed by atoms with E-state index in [0.717, 1.165) is 6.07 Å². The quantitative estimate of drug-likeness (QED) is 0.823. The summed E-state index contributed by atoms with van der Waals surface area (Å²) in [6, 6.07) is 4.90. The molecule has 0 bridgehead atoms. The SMILES string of the molecule is Cc1ccc(OC(F)F)c(NC(=O)Cn2nc(C)cc2C(F)(F)F)c1. The Morgan fingerprint density at radius 3 is 2.56 bits per heavy atom. The maximum atomic E-state index is 12.9. The van der Waals surface area contributed by atoms with Crippen molar-refractivity contribution in [1.29, 1.82) is 0 Å². The summed E-state index contributed by atoms with van der Waals surface area (Å²) in [6.07, 6.45) is -4.67. The van der Waals surface area contributed by atoms with Crippen LogP contribution in [0.1, 0.15) is 17.0 Å². The van der Waals surface area contributed by atoms with Gasteiger partial charge in [0.15, 0.2) is 0 Å². The molecule has 0 aliphatic heterocycles. The second-order valence-corrected chi connectivity index (χ2v) is 5.25. The van der Waals surface area contributed by atoms with Crippen molar-refractivity contribution < 1.29 is 31.5 Å². The molecular formula is C15H14F5N3O2. The highest BCUT2D eigenvalue weighted by molar-refractivity contribution is 5.92. The van der Waals surface area contributed by atoms with Crippen LogP contribution in [0.15, 0.2) is 24.3 Å². The highest BCUT2D eigenvalue weighted by Gasteiger charge is 2.35. The van der Waals surface area contributed by atoms with Crippen LogP contribution in [0.4, 0.5) is 27.6 Å². The van der Waals surface area contributed by atoms with Crippen LogP contribution in [0, 0.1) is 13.8 Å². The van der Waals surface area contributed by atoms with Crippen LogP contribution in [0.3, 0.4) is 0 Å². The van der Waals surface area contributed by atoms with Gasteiger partial charge >= 0.3 is 12.8 Å². The maximum absolute atomic E-state index is 12.9. The lowest BCUT2D eigenvalue weighted by atomic mass is 10.2. The minimum Gasteiger partial charge on any atom is -0.433 e. The van der Waals surface area contributed by atoms with Gasteiger partial charge in [0.25, 0.3) is 0 Å². The lowest BCUT2D eigenvalue weighted by molar-refractivity contribution is -0.144. The molecule has 1 aromatic heterocycles. The minimum atomic E-state index is -4.67. The van der Waals surface area contributed by atoms with Crippen LogP contribution >= 0.6 is 0 Å². The van der Waals surface area contributed by atoms with Crippen molar-refractivity contribution in [3.05, 3.63) is 41.2 Å². The van der Waals surface area contributed by atoms with Gasteiger partial charge in [0.05, 0.1) is 11.4 Å². The second-order valence-electron chi connectivity index (χ2n) is 5.25. The van der Waals surface area contributed by atoms with Crippen LogP contribution in [0.5, 0.6) is 5.75 Å². The number of nitrogens with one attached hydrogen (secondary N) is 1. The number of aromatic nitrogens is 2. The smallest absolute Gasteiger partial charge is 0.433 e. The molecule has 2 aromatic rings. The first-order valence-corrected chi connectivity index (χ1v) is 7.03. The average Bonchev–Trinajstić information content (AvgIpc) is 2.82. The molecule has 0 fully saturated rings. The van der Waals surface area contributed by atoms with Gasteiger partial charge in [-0.1, -0.05) is 6.07 Å². The predicted molar refractivity (Wildman–Crippen MR) is 78.4 cm³/mol. The lowest BCUT2D eigenvalue weighted by Gasteiger charge is -2.14. The van der Waals surface area contributed by atoms with Crippen molar-refractivity contribution in [3.63, 3.8) is 0 Å². The summed E-state index contributed by atoms with van der Waals surface area (Å²) in [5, 5.41) is 5.90. The molecule has 25 heavy (non-hydrogen) atoms. The van der Waals surface area contributed by atoms with E-state index in [0.29, 0.717) is 10.2 Å². The zero-order valence-corrected chi connectivity index (χ0v) is 13.2. The Morgan fingerprint density at radius 1 is 1.28 bits per heavy atom. The molecule has 0 aliphatic rings. The van der Waals surface area contributed by atoms with Crippen LogP contribution in [0.2, 0.25) is 0 Å². The molecule has 0 aliphatic carbocycles. The summed E-state index contributed by atoms with van der Waals surface area (Å²) < 4.78 is 68.3. The van der Waals surface area contributed by atoms with Crippen molar-refractivity contribution in [3.8, 4) is 5.75 Å². The van der Waals surface area contributed by atoms with Gasteiger partial charge in [0.1, 0.15) is 18.0 Å². The van der Waals surface area contributed by atoms with E-state index >= 15 is 0 Å². The third-order valence-electron chi connectivity index (χ3n) is 3.11. The van der Waals surface area contributed by atoms with Crippen LogP contribution in [-0.2, 0) is 17.5 Å². The standard InChI is InChI=1S/C15H14F5N3O2/c1-8-3-4-11(25-14(16)17)10(5-8)21-13(24)7-23-12(15(18,19)20)6-9(2)22-23/h3-6,14H,7H2,1-2H3,(H,21,24). The molecule has 0 saturated carbocycles. The summed E-state index contributed by atoms with van der Waals surface area (Å²) in [5.41, 5.74) is -0.406. The molecule has 10 heteroatoms. The van der Waals surface area contributed by atoms with E-state index in [2.05, 4.69) is 15.2 Å². The number of rotatable bonds is 5. The summed E-state index contributed by atoms with van der Waals surface area (Å²) in [5.74, 6) is -1.15. The van der Waals surface area contributed by atoms with Gasteiger partial charge < -0.3 is 10.1 Å². The fraction of sp³-hybridized carbons (Fsp3) is 0.333. The largest absolute Gasteiger partial charge is 0.433 e. The fourth-order valence-electron chi connectivity index (χ4n) is 2.16. The number of halogens is 5. The molecule has 0 spiro atoms. The van der Waals surface area contributed by atoms with Gasteiger partial charge in [-0.3, -0.25) is 9.48 Å². The van der Waals surface area contributed by atoms with E-state index in [4.69, 9.17) is 0 Å². The monoisotopic (exact) mass is 363 g/mol. The van der Waals surface area contributed by atoms with E-state index < -0.39 is 30.9 Å². The molecular weight excluding hydrogens is 349 g/mol. The molecule has 0 radical (unpaired) electrons. The van der Waals surface area contributed by atoms with Crippen molar-refractivity contribution >= 4 is 11.6 Å². The first kappa shape index (κ1) is 18.7. The van der Waals surface area contributed by atoms with Gasteiger partial charge in [-0.2, -0.15) is 27.1 Å². The molecule has 0 saturated heterocycles. The highest BCUT2D eigenvalue weighted by atomic mass is 19.4. The van der Waals surface area contributed by atoms with Gasteiger partial charge in [-0.15, -0.1) is 0 Å². The number of amides is 1. The zero-order valence-electron chi connectivity index (χ0n) is 13.2. The van der Waals surface area contributed by atoms with E-state index in [1.54, 1.807) is 6.92 Å². The molecule has 1 N–H and O–H groups in total. The van der Waals surface area contributed by atoms with Crippen molar-refractivity contribution in [2.45, 2.75) is 33.2 Å². The normalized spacial score (nSPS) is 11.7. The van der Waals surface area contributed by atoms with E-state index in [-0.39, 0.29) is 17.1 Å². The van der Waals surface area contributed by atoms with Crippen molar-refractivity contribution in [2.24, 2.45) is 0 Å². The second kappa shape index (κ2) is 7.08. The Balaban J connectivity index is 2.20. The van der Waals surface area contributed by atoms with Crippen LogP contribution in [0.25, 0.3) is 0 Å². The summed E-state index contributed by atoms with van der Waals surface area (Å²) in [7, 11) is 0. The number of anilines is 1. The fourth-order valence-corrected chi connectivity index (χ4v) is 2.16. The van der Waals surface area contributed by atoms with E-state index in [9.17, 15) is 26.7 Å². The van der Waals surface area contributed by atoms with Crippen LogP contribution in [-0.4, -0.2) is 22.3 Å². The van der Waals surface area contributed by atoms with Gasteiger partial charge in [0.2, 0.25) is 5.91 Å². The van der Waals surface area contributed by atoms with Gasteiger partial charge in [-0.05, 0) is 37.6 Å².